The molecule has 0 fully saturated rings. The van der Waals surface area contributed by atoms with Gasteiger partial charge in [0.15, 0.2) is 0 Å². The highest BCUT2D eigenvalue weighted by Crippen LogP contribution is 2.25. The van der Waals surface area contributed by atoms with Gasteiger partial charge in [-0.3, -0.25) is 4.79 Å². The van der Waals surface area contributed by atoms with E-state index in [1.54, 1.807) is 43.5 Å². The summed E-state index contributed by atoms with van der Waals surface area (Å²) in [5.74, 6) is 0.433. The topological polar surface area (TPSA) is 84.5 Å². The van der Waals surface area contributed by atoms with Crippen LogP contribution in [0.1, 0.15) is 17.5 Å². The standard InChI is InChI=1S/C19H23ClN2O4S/c1-14-3-7-16(8-4-14)27(24,25)22-12-11-21-19(23)10-6-15-5-9-18(26-2)17(20)13-15/h3-5,7-9,13,22H,6,10-12H2,1-2H3,(H,21,23). The van der Waals surface area contributed by atoms with Crippen molar-refractivity contribution in [3.63, 3.8) is 0 Å². The van der Waals surface area contributed by atoms with Crippen molar-refractivity contribution in [1.82, 2.24) is 10.0 Å². The smallest absolute Gasteiger partial charge is 0.240 e. The molecule has 2 aromatic carbocycles. The van der Waals surface area contributed by atoms with Crippen molar-refractivity contribution < 1.29 is 17.9 Å². The van der Waals surface area contributed by atoms with Crippen LogP contribution in [0.25, 0.3) is 0 Å². The van der Waals surface area contributed by atoms with Crippen LogP contribution in [0, 0.1) is 6.92 Å². The third-order valence-electron chi connectivity index (χ3n) is 3.93. The van der Waals surface area contributed by atoms with E-state index in [2.05, 4.69) is 10.0 Å². The van der Waals surface area contributed by atoms with E-state index >= 15 is 0 Å². The second-order valence-electron chi connectivity index (χ2n) is 6.03. The fourth-order valence-corrected chi connectivity index (χ4v) is 3.71. The summed E-state index contributed by atoms with van der Waals surface area (Å²) in [4.78, 5) is 12.1. The van der Waals surface area contributed by atoms with Crippen LogP contribution < -0.4 is 14.8 Å². The first kappa shape index (κ1) is 21.2. The number of aryl methyl sites for hydroxylation is 2. The van der Waals surface area contributed by atoms with E-state index in [1.807, 2.05) is 13.0 Å². The van der Waals surface area contributed by atoms with Crippen LogP contribution in [0.15, 0.2) is 47.4 Å². The Kier molecular flexibility index (Phi) is 7.65. The first-order valence-electron chi connectivity index (χ1n) is 8.47. The molecule has 27 heavy (non-hydrogen) atoms. The van der Waals surface area contributed by atoms with E-state index in [0.717, 1.165) is 11.1 Å². The van der Waals surface area contributed by atoms with E-state index in [0.29, 0.717) is 17.2 Å². The van der Waals surface area contributed by atoms with Gasteiger partial charge in [-0.1, -0.05) is 35.4 Å². The van der Waals surface area contributed by atoms with Crippen molar-refractivity contribution >= 4 is 27.5 Å². The second kappa shape index (κ2) is 9.73. The molecule has 0 aromatic heterocycles. The monoisotopic (exact) mass is 410 g/mol. The lowest BCUT2D eigenvalue weighted by atomic mass is 10.1. The number of carbonyl (C=O) groups excluding carboxylic acids is 1. The summed E-state index contributed by atoms with van der Waals surface area (Å²) in [7, 11) is -2.03. The zero-order chi connectivity index (χ0) is 19.9. The average molecular weight is 411 g/mol. The maximum atomic E-state index is 12.1. The molecule has 0 bridgehead atoms. The van der Waals surface area contributed by atoms with Gasteiger partial charge in [0.2, 0.25) is 15.9 Å². The number of halogens is 1. The number of carbonyl (C=O) groups is 1. The minimum Gasteiger partial charge on any atom is -0.495 e. The number of hydrogen-bond donors (Lipinski definition) is 2. The van der Waals surface area contributed by atoms with E-state index < -0.39 is 10.0 Å². The largest absolute Gasteiger partial charge is 0.495 e. The molecular weight excluding hydrogens is 388 g/mol. The highest BCUT2D eigenvalue weighted by atomic mass is 35.5. The maximum Gasteiger partial charge on any atom is 0.240 e. The quantitative estimate of drug-likeness (QED) is 0.622. The van der Waals surface area contributed by atoms with Crippen LogP contribution in [0.5, 0.6) is 5.75 Å². The van der Waals surface area contributed by atoms with Crippen molar-refractivity contribution in [2.24, 2.45) is 0 Å². The number of nitrogens with one attached hydrogen (secondary N) is 2. The number of amides is 1. The number of hydrogen-bond acceptors (Lipinski definition) is 4. The fraction of sp³-hybridized carbons (Fsp3) is 0.316. The molecule has 146 valence electrons. The van der Waals surface area contributed by atoms with Gasteiger partial charge in [-0.25, -0.2) is 13.1 Å². The molecule has 0 heterocycles. The highest BCUT2D eigenvalue weighted by Gasteiger charge is 2.13. The molecule has 2 aromatic rings. The zero-order valence-electron chi connectivity index (χ0n) is 15.3. The van der Waals surface area contributed by atoms with E-state index in [4.69, 9.17) is 16.3 Å². The molecule has 0 aliphatic carbocycles. The van der Waals surface area contributed by atoms with Gasteiger partial charge in [0.05, 0.1) is 17.0 Å². The van der Waals surface area contributed by atoms with Crippen LogP contribution >= 0.6 is 11.6 Å². The minimum absolute atomic E-state index is 0.121. The van der Waals surface area contributed by atoms with Gasteiger partial charge in [-0.15, -0.1) is 0 Å². The van der Waals surface area contributed by atoms with Gasteiger partial charge in [0, 0.05) is 19.5 Å². The molecule has 0 saturated carbocycles. The SMILES string of the molecule is COc1ccc(CCC(=O)NCCNS(=O)(=O)c2ccc(C)cc2)cc1Cl. The van der Waals surface area contributed by atoms with Gasteiger partial charge in [0.25, 0.3) is 0 Å². The van der Waals surface area contributed by atoms with E-state index in [1.165, 1.54) is 0 Å². The lowest BCUT2D eigenvalue weighted by molar-refractivity contribution is -0.121. The number of ether oxygens (including phenoxy) is 1. The van der Waals surface area contributed by atoms with Crippen LogP contribution in [0.4, 0.5) is 0 Å². The third-order valence-corrected chi connectivity index (χ3v) is 5.70. The number of sulfonamides is 1. The average Bonchev–Trinajstić information content (AvgIpc) is 2.64. The van der Waals surface area contributed by atoms with E-state index in [9.17, 15) is 13.2 Å². The molecule has 1 amide bonds. The molecule has 0 spiro atoms. The predicted molar refractivity (Wildman–Crippen MR) is 106 cm³/mol. The van der Waals surface area contributed by atoms with Gasteiger partial charge in [-0.2, -0.15) is 0 Å². The van der Waals surface area contributed by atoms with Crippen LogP contribution in [-0.4, -0.2) is 34.5 Å². The Morgan fingerprint density at radius 2 is 1.81 bits per heavy atom. The van der Waals surface area contributed by atoms with Crippen molar-refractivity contribution in [2.45, 2.75) is 24.7 Å². The Balaban J connectivity index is 1.73. The fourth-order valence-electron chi connectivity index (χ4n) is 2.40. The molecular formula is C19H23ClN2O4S. The molecule has 6 nitrogen and oxygen atoms in total. The van der Waals surface area contributed by atoms with Crippen molar-refractivity contribution in [1.29, 1.82) is 0 Å². The normalized spacial score (nSPS) is 11.2. The Morgan fingerprint density at radius 1 is 1.11 bits per heavy atom. The molecule has 0 aliphatic heterocycles. The Morgan fingerprint density at radius 3 is 2.44 bits per heavy atom. The van der Waals surface area contributed by atoms with Gasteiger partial charge in [0.1, 0.15) is 5.75 Å². The first-order valence-corrected chi connectivity index (χ1v) is 10.3. The van der Waals surface area contributed by atoms with Gasteiger partial charge < -0.3 is 10.1 Å². The molecule has 0 saturated heterocycles. The van der Waals surface area contributed by atoms with Crippen molar-refractivity contribution in [2.75, 3.05) is 20.2 Å². The molecule has 2 N–H and O–H groups in total. The minimum atomic E-state index is -3.57. The lowest BCUT2D eigenvalue weighted by Gasteiger charge is -2.09. The lowest BCUT2D eigenvalue weighted by Crippen LogP contribution is -2.34. The van der Waals surface area contributed by atoms with Crippen LogP contribution in [0.3, 0.4) is 0 Å². The summed E-state index contributed by atoms with van der Waals surface area (Å²) in [6, 6.07) is 12.0. The molecule has 0 atom stereocenters. The summed E-state index contributed by atoms with van der Waals surface area (Å²) in [6.45, 7) is 2.23. The van der Waals surface area contributed by atoms with Crippen molar-refractivity contribution in [3.8, 4) is 5.75 Å². The highest BCUT2D eigenvalue weighted by molar-refractivity contribution is 7.89. The second-order valence-corrected chi connectivity index (χ2v) is 8.20. The Bertz CT molecular complexity index is 883. The summed E-state index contributed by atoms with van der Waals surface area (Å²) >= 11 is 6.06. The molecule has 0 radical (unpaired) electrons. The summed E-state index contributed by atoms with van der Waals surface area (Å²) in [5, 5.41) is 3.20. The van der Waals surface area contributed by atoms with Crippen LogP contribution in [-0.2, 0) is 21.2 Å². The predicted octanol–water partition coefficient (Wildman–Crippen LogP) is 2.68. The number of methoxy groups -OCH3 is 1. The van der Waals surface area contributed by atoms with E-state index in [-0.39, 0.29) is 30.3 Å². The molecule has 0 unspecified atom stereocenters. The Hall–Kier alpha value is -2.09. The zero-order valence-corrected chi connectivity index (χ0v) is 16.9. The maximum absolute atomic E-state index is 12.1. The van der Waals surface area contributed by atoms with Crippen molar-refractivity contribution in [3.05, 3.63) is 58.6 Å². The number of rotatable bonds is 9. The summed E-state index contributed by atoms with van der Waals surface area (Å²) in [6.07, 6.45) is 0.817. The summed E-state index contributed by atoms with van der Waals surface area (Å²) < 4.78 is 31.8. The number of benzene rings is 2. The summed E-state index contributed by atoms with van der Waals surface area (Å²) in [5.41, 5.74) is 1.91. The first-order chi connectivity index (χ1) is 12.8. The molecule has 0 aliphatic rings. The third kappa shape index (κ3) is 6.53. The van der Waals surface area contributed by atoms with Gasteiger partial charge >= 0.3 is 0 Å². The van der Waals surface area contributed by atoms with Gasteiger partial charge in [-0.05, 0) is 43.2 Å². The Labute approximate surface area is 164 Å². The molecule has 2 rings (SSSR count). The molecule has 8 heteroatoms. The van der Waals surface area contributed by atoms with Crippen LogP contribution in [0.2, 0.25) is 5.02 Å².